The van der Waals surface area contributed by atoms with E-state index in [4.69, 9.17) is 4.74 Å². The molecule has 0 saturated carbocycles. The maximum atomic E-state index is 12.4. The van der Waals surface area contributed by atoms with Crippen LogP contribution in [-0.2, 0) is 14.3 Å². The van der Waals surface area contributed by atoms with Gasteiger partial charge in [-0.05, 0) is 25.7 Å². The number of rotatable bonds is 45. The summed E-state index contributed by atoms with van der Waals surface area (Å²) in [7, 11) is 0. The van der Waals surface area contributed by atoms with E-state index >= 15 is 0 Å². The Morgan fingerprint density at radius 1 is 0.444 bits per heavy atom. The molecule has 2 atom stereocenters. The molecular formula is C48H95NO5. The predicted molar refractivity (Wildman–Crippen MR) is 232 cm³/mol. The highest BCUT2D eigenvalue weighted by molar-refractivity contribution is 5.76. The first-order valence-corrected chi connectivity index (χ1v) is 24.3. The maximum absolute atomic E-state index is 12.4. The van der Waals surface area contributed by atoms with Gasteiger partial charge in [-0.2, -0.15) is 0 Å². The molecule has 1 amide bonds. The lowest BCUT2D eigenvalue weighted by Gasteiger charge is -2.22. The highest BCUT2D eigenvalue weighted by Crippen LogP contribution is 2.16. The van der Waals surface area contributed by atoms with Crippen LogP contribution >= 0.6 is 0 Å². The zero-order valence-electron chi connectivity index (χ0n) is 36.5. The van der Waals surface area contributed by atoms with Crippen LogP contribution in [0.3, 0.4) is 0 Å². The number of ether oxygens (including phenoxy) is 1. The van der Waals surface area contributed by atoms with E-state index in [-0.39, 0.29) is 18.5 Å². The molecule has 3 N–H and O–H groups in total. The van der Waals surface area contributed by atoms with Crippen molar-refractivity contribution in [2.24, 2.45) is 0 Å². The summed E-state index contributed by atoms with van der Waals surface area (Å²) in [5.74, 6) is -0.0736. The summed E-state index contributed by atoms with van der Waals surface area (Å²) < 4.78 is 5.46. The molecule has 0 aliphatic carbocycles. The van der Waals surface area contributed by atoms with E-state index in [2.05, 4.69) is 19.2 Å². The number of hydrogen-bond acceptors (Lipinski definition) is 5. The number of esters is 1. The fourth-order valence-electron chi connectivity index (χ4n) is 7.64. The van der Waals surface area contributed by atoms with Crippen molar-refractivity contribution in [3.63, 3.8) is 0 Å². The Morgan fingerprint density at radius 3 is 1.13 bits per heavy atom. The molecule has 54 heavy (non-hydrogen) atoms. The molecule has 0 aromatic carbocycles. The molecule has 0 fully saturated rings. The quantitative estimate of drug-likeness (QED) is 0.0424. The average molecular weight is 766 g/mol. The van der Waals surface area contributed by atoms with Gasteiger partial charge in [-0.3, -0.25) is 9.59 Å². The van der Waals surface area contributed by atoms with Gasteiger partial charge < -0.3 is 20.3 Å². The molecule has 0 spiro atoms. The Morgan fingerprint density at radius 2 is 0.759 bits per heavy atom. The minimum atomic E-state index is -0.674. The zero-order valence-corrected chi connectivity index (χ0v) is 36.5. The molecular weight excluding hydrogens is 671 g/mol. The molecule has 0 aromatic heterocycles. The van der Waals surface area contributed by atoms with Gasteiger partial charge in [0.05, 0.1) is 25.4 Å². The Bertz CT molecular complexity index is 761. The molecule has 6 heteroatoms. The van der Waals surface area contributed by atoms with Crippen LogP contribution in [0.1, 0.15) is 271 Å². The highest BCUT2D eigenvalue weighted by Gasteiger charge is 2.20. The van der Waals surface area contributed by atoms with E-state index in [1.54, 1.807) is 0 Å². The molecule has 0 rings (SSSR count). The van der Waals surface area contributed by atoms with Crippen molar-refractivity contribution in [3.8, 4) is 0 Å². The van der Waals surface area contributed by atoms with Crippen molar-refractivity contribution in [2.45, 2.75) is 283 Å². The van der Waals surface area contributed by atoms with Gasteiger partial charge in [0.2, 0.25) is 5.91 Å². The Balaban J connectivity index is 3.41. The average Bonchev–Trinajstić information content (AvgIpc) is 3.17. The minimum Gasteiger partial charge on any atom is -0.466 e. The lowest BCUT2D eigenvalue weighted by Crippen LogP contribution is -2.45. The topological polar surface area (TPSA) is 95.9 Å². The summed E-state index contributed by atoms with van der Waals surface area (Å²) in [4.78, 5) is 24.4. The van der Waals surface area contributed by atoms with E-state index in [0.717, 1.165) is 57.8 Å². The van der Waals surface area contributed by atoms with Crippen LogP contribution in [0.5, 0.6) is 0 Å². The third-order valence-corrected chi connectivity index (χ3v) is 11.4. The van der Waals surface area contributed by atoms with Crippen molar-refractivity contribution in [1.82, 2.24) is 5.32 Å². The van der Waals surface area contributed by atoms with Crippen LogP contribution in [-0.4, -0.2) is 47.4 Å². The Labute approximate surface area is 336 Å². The lowest BCUT2D eigenvalue weighted by atomic mass is 10.0. The second-order valence-corrected chi connectivity index (χ2v) is 16.8. The number of amides is 1. The summed E-state index contributed by atoms with van der Waals surface area (Å²) in [5, 5.41) is 23.0. The SMILES string of the molecule is CCCCCCCCCCCCCCCCCCCCC(=O)OCCCCCCCCCCCCC(=O)NC(CO)C(O)CCCCCCCCCCC. The lowest BCUT2D eigenvalue weighted by molar-refractivity contribution is -0.143. The molecule has 0 saturated heterocycles. The normalized spacial score (nSPS) is 12.6. The molecule has 322 valence electrons. The number of carbonyl (C=O) groups is 2. The number of nitrogens with one attached hydrogen (secondary N) is 1. The standard InChI is InChI=1S/C48H95NO5/c1-3-5-7-9-11-13-14-15-16-17-18-19-20-21-26-30-34-38-42-48(53)54-43-39-35-31-27-23-22-25-29-33-37-41-47(52)49-45(44-50)46(51)40-36-32-28-24-12-10-8-6-4-2/h45-46,50-51H,3-44H2,1-2H3,(H,49,52). The number of unbranched alkanes of at least 4 members (excludes halogenated alkanes) is 34. The summed E-state index contributed by atoms with van der Waals surface area (Å²) in [5.41, 5.74) is 0. The number of aliphatic hydroxyl groups excluding tert-OH is 2. The molecule has 0 aliphatic heterocycles. The second-order valence-electron chi connectivity index (χ2n) is 16.8. The monoisotopic (exact) mass is 766 g/mol. The van der Waals surface area contributed by atoms with Gasteiger partial charge >= 0.3 is 5.97 Å². The van der Waals surface area contributed by atoms with Gasteiger partial charge in [0, 0.05) is 12.8 Å². The third kappa shape index (κ3) is 40.5. The van der Waals surface area contributed by atoms with Crippen LogP contribution in [0, 0.1) is 0 Å². The van der Waals surface area contributed by atoms with E-state index in [1.807, 2.05) is 0 Å². The van der Waals surface area contributed by atoms with Crippen LogP contribution in [0.15, 0.2) is 0 Å². The summed E-state index contributed by atoms with van der Waals surface area (Å²) in [6.45, 7) is 4.89. The van der Waals surface area contributed by atoms with Crippen molar-refractivity contribution in [3.05, 3.63) is 0 Å². The molecule has 0 radical (unpaired) electrons. The molecule has 0 bridgehead atoms. The van der Waals surface area contributed by atoms with Gasteiger partial charge in [-0.25, -0.2) is 0 Å². The fourth-order valence-corrected chi connectivity index (χ4v) is 7.64. The van der Waals surface area contributed by atoms with Gasteiger partial charge in [-0.1, -0.05) is 232 Å². The fraction of sp³-hybridized carbons (Fsp3) is 0.958. The van der Waals surface area contributed by atoms with Crippen molar-refractivity contribution in [2.75, 3.05) is 13.2 Å². The Kier molecular flexibility index (Phi) is 43.6. The van der Waals surface area contributed by atoms with Crippen molar-refractivity contribution in [1.29, 1.82) is 0 Å². The number of carbonyl (C=O) groups excluding carboxylic acids is 2. The van der Waals surface area contributed by atoms with Gasteiger partial charge in [0.15, 0.2) is 0 Å². The summed E-state index contributed by atoms with van der Waals surface area (Å²) in [6, 6.07) is -0.554. The predicted octanol–water partition coefficient (Wildman–Crippen LogP) is 14.0. The van der Waals surface area contributed by atoms with Crippen LogP contribution in [0.2, 0.25) is 0 Å². The van der Waals surface area contributed by atoms with Crippen molar-refractivity contribution >= 4 is 11.9 Å². The first-order chi connectivity index (χ1) is 26.5. The van der Waals surface area contributed by atoms with Crippen molar-refractivity contribution < 1.29 is 24.5 Å². The molecule has 0 aliphatic rings. The van der Waals surface area contributed by atoms with E-state index in [1.165, 1.54) is 180 Å². The maximum Gasteiger partial charge on any atom is 0.305 e. The molecule has 0 aromatic rings. The van der Waals surface area contributed by atoms with Crippen LogP contribution in [0.25, 0.3) is 0 Å². The highest BCUT2D eigenvalue weighted by atomic mass is 16.5. The molecule has 6 nitrogen and oxygen atoms in total. The van der Waals surface area contributed by atoms with Gasteiger partial charge in [0.25, 0.3) is 0 Å². The van der Waals surface area contributed by atoms with E-state index in [9.17, 15) is 19.8 Å². The second kappa shape index (κ2) is 44.6. The Hall–Kier alpha value is -1.14. The minimum absolute atomic E-state index is 0.0147. The largest absolute Gasteiger partial charge is 0.466 e. The van der Waals surface area contributed by atoms with Crippen LogP contribution in [0.4, 0.5) is 0 Å². The zero-order chi connectivity index (χ0) is 39.4. The van der Waals surface area contributed by atoms with E-state index < -0.39 is 12.1 Å². The van der Waals surface area contributed by atoms with Gasteiger partial charge in [0.1, 0.15) is 0 Å². The first kappa shape index (κ1) is 52.9. The summed E-state index contributed by atoms with van der Waals surface area (Å²) >= 11 is 0. The van der Waals surface area contributed by atoms with Gasteiger partial charge in [-0.15, -0.1) is 0 Å². The smallest absolute Gasteiger partial charge is 0.305 e. The van der Waals surface area contributed by atoms with E-state index in [0.29, 0.717) is 25.9 Å². The third-order valence-electron chi connectivity index (χ3n) is 11.4. The summed E-state index contributed by atoms with van der Waals surface area (Å²) in [6.07, 6.45) is 47.9. The first-order valence-electron chi connectivity index (χ1n) is 24.3. The van der Waals surface area contributed by atoms with Crippen LogP contribution < -0.4 is 5.32 Å². The number of hydrogen-bond donors (Lipinski definition) is 3. The molecule has 0 heterocycles. The number of aliphatic hydroxyl groups is 2. The molecule has 2 unspecified atom stereocenters.